The standard InChI is InChI=1S/C29H22N2O7/c1-14-12-23(33)26-21(27(14)34)13-20-17(24(26)18-4-2-3-5-22(18)32)10-11-19-25(20)29(36)30(28(19)35)15-6-8-16(9-7-15)31(37)38/h2-10,12,19-20,24-25,32H,11,13H2,1H3. The van der Waals surface area contributed by atoms with Gasteiger partial charge in [-0.05, 0) is 50.0 Å². The van der Waals surface area contributed by atoms with Crippen LogP contribution in [0.4, 0.5) is 11.4 Å². The predicted octanol–water partition coefficient (Wildman–Crippen LogP) is 3.93. The number of aromatic hydroxyl groups is 1. The molecule has 2 aromatic rings. The molecular formula is C29H22N2O7. The fraction of sp³-hybridized carbons (Fsp3) is 0.241. The van der Waals surface area contributed by atoms with Crippen LogP contribution in [0.2, 0.25) is 0 Å². The van der Waals surface area contributed by atoms with Gasteiger partial charge in [0.1, 0.15) is 5.75 Å². The number of phenolic OH excluding ortho intramolecular Hbond substituents is 1. The molecule has 1 aliphatic heterocycles. The van der Waals surface area contributed by atoms with Gasteiger partial charge in [0.05, 0.1) is 22.4 Å². The van der Waals surface area contributed by atoms with E-state index >= 15 is 0 Å². The van der Waals surface area contributed by atoms with Crippen LogP contribution in [-0.2, 0) is 19.2 Å². The number of nitrogens with zero attached hydrogens (tertiary/aromatic N) is 2. The van der Waals surface area contributed by atoms with Crippen LogP contribution in [0.25, 0.3) is 0 Å². The summed E-state index contributed by atoms with van der Waals surface area (Å²) in [6.45, 7) is 1.58. The summed E-state index contributed by atoms with van der Waals surface area (Å²) >= 11 is 0. The van der Waals surface area contributed by atoms with E-state index in [0.717, 1.165) is 10.5 Å². The molecule has 2 aromatic carbocycles. The monoisotopic (exact) mass is 510 g/mol. The first-order valence-electron chi connectivity index (χ1n) is 12.3. The van der Waals surface area contributed by atoms with E-state index in [0.29, 0.717) is 22.3 Å². The number of nitro groups is 1. The van der Waals surface area contributed by atoms with Crippen molar-refractivity contribution < 1.29 is 29.2 Å². The van der Waals surface area contributed by atoms with E-state index in [-0.39, 0.29) is 41.5 Å². The lowest BCUT2D eigenvalue weighted by Crippen LogP contribution is -2.39. The van der Waals surface area contributed by atoms with Crippen molar-refractivity contribution in [3.05, 3.63) is 98.7 Å². The minimum Gasteiger partial charge on any atom is -0.508 e. The molecule has 4 unspecified atom stereocenters. The van der Waals surface area contributed by atoms with Gasteiger partial charge >= 0.3 is 0 Å². The Morgan fingerprint density at radius 1 is 0.974 bits per heavy atom. The van der Waals surface area contributed by atoms with Gasteiger partial charge in [-0.25, -0.2) is 0 Å². The molecule has 0 radical (unpaired) electrons. The topological polar surface area (TPSA) is 135 Å². The molecular weight excluding hydrogens is 488 g/mol. The highest BCUT2D eigenvalue weighted by atomic mass is 16.6. The lowest BCUT2D eigenvalue weighted by atomic mass is 9.59. The Morgan fingerprint density at radius 3 is 2.37 bits per heavy atom. The number of nitro benzene ring substituents is 1. The zero-order valence-electron chi connectivity index (χ0n) is 20.3. The summed E-state index contributed by atoms with van der Waals surface area (Å²) < 4.78 is 0. The summed E-state index contributed by atoms with van der Waals surface area (Å²) in [4.78, 5) is 65.4. The van der Waals surface area contributed by atoms with Gasteiger partial charge in [-0.15, -0.1) is 0 Å². The molecule has 4 atom stereocenters. The van der Waals surface area contributed by atoms with Crippen LogP contribution < -0.4 is 4.90 Å². The number of carbonyl (C=O) groups is 4. The second-order valence-electron chi connectivity index (χ2n) is 10.1. The first kappa shape index (κ1) is 23.7. The van der Waals surface area contributed by atoms with Gasteiger partial charge in [-0.3, -0.25) is 34.2 Å². The maximum Gasteiger partial charge on any atom is 0.269 e. The Hall–Kier alpha value is -4.66. The minimum absolute atomic E-state index is 0.0270. The highest BCUT2D eigenvalue weighted by Gasteiger charge is 2.56. The number of ketones is 2. The zero-order chi connectivity index (χ0) is 26.9. The van der Waals surface area contributed by atoms with Crippen LogP contribution >= 0.6 is 0 Å². The van der Waals surface area contributed by atoms with Gasteiger partial charge in [-0.1, -0.05) is 29.8 Å². The highest BCUT2D eigenvalue weighted by molar-refractivity contribution is 6.25. The van der Waals surface area contributed by atoms with Crippen molar-refractivity contribution in [1.82, 2.24) is 0 Å². The number of imide groups is 1. The number of anilines is 1. The minimum atomic E-state index is -0.769. The smallest absolute Gasteiger partial charge is 0.269 e. The molecule has 0 saturated carbocycles. The first-order chi connectivity index (χ1) is 18.2. The molecule has 1 fully saturated rings. The average Bonchev–Trinajstić information content (AvgIpc) is 3.16. The molecule has 190 valence electrons. The van der Waals surface area contributed by atoms with E-state index in [9.17, 15) is 34.4 Å². The molecule has 0 bridgehead atoms. The lowest BCUT2D eigenvalue weighted by molar-refractivity contribution is -0.384. The van der Waals surface area contributed by atoms with Gasteiger partial charge in [-0.2, -0.15) is 0 Å². The fourth-order valence-electron chi connectivity index (χ4n) is 6.45. The number of carbonyl (C=O) groups excluding carboxylic acids is 4. The van der Waals surface area contributed by atoms with Crippen molar-refractivity contribution >= 4 is 34.8 Å². The number of amides is 2. The summed E-state index contributed by atoms with van der Waals surface area (Å²) in [7, 11) is 0. The predicted molar refractivity (Wildman–Crippen MR) is 135 cm³/mol. The number of Topliss-reactive ketones (excluding diaryl/α,β-unsaturated/α-hetero) is 1. The number of non-ortho nitro benzene ring substituents is 1. The fourth-order valence-corrected chi connectivity index (χ4v) is 6.45. The SMILES string of the molecule is CC1=CC(=O)C2=C(CC3C(=CCC4C(=O)N(c5ccc([N+](=O)[O-])cc5)C(=O)C43)C2c2ccccc2O)C1=O. The number of rotatable bonds is 3. The van der Waals surface area contributed by atoms with Crippen molar-refractivity contribution in [3.63, 3.8) is 0 Å². The second kappa shape index (κ2) is 8.44. The molecule has 38 heavy (non-hydrogen) atoms. The summed E-state index contributed by atoms with van der Waals surface area (Å²) in [5.74, 6) is -4.11. The van der Waals surface area contributed by atoms with E-state index in [2.05, 4.69) is 0 Å². The van der Waals surface area contributed by atoms with Crippen LogP contribution in [-0.4, -0.2) is 33.4 Å². The van der Waals surface area contributed by atoms with Gasteiger partial charge < -0.3 is 5.11 Å². The normalized spacial score (nSPS) is 26.5. The number of hydrogen-bond acceptors (Lipinski definition) is 7. The molecule has 6 rings (SSSR count). The molecule has 1 heterocycles. The number of phenols is 1. The molecule has 9 nitrogen and oxygen atoms in total. The Labute approximate surface area is 216 Å². The highest BCUT2D eigenvalue weighted by Crippen LogP contribution is 2.56. The summed E-state index contributed by atoms with van der Waals surface area (Å²) in [6, 6.07) is 11.9. The third-order valence-corrected chi connectivity index (χ3v) is 8.13. The third-order valence-electron chi connectivity index (χ3n) is 8.13. The summed E-state index contributed by atoms with van der Waals surface area (Å²) in [5, 5.41) is 21.8. The van der Waals surface area contributed by atoms with Gasteiger partial charge in [0.2, 0.25) is 11.8 Å². The molecule has 9 heteroatoms. The summed E-state index contributed by atoms with van der Waals surface area (Å²) in [5.41, 5.74) is 2.24. The Balaban J connectivity index is 1.46. The Morgan fingerprint density at radius 2 is 1.68 bits per heavy atom. The maximum absolute atomic E-state index is 13.8. The number of hydrogen-bond donors (Lipinski definition) is 1. The Bertz CT molecular complexity index is 1560. The van der Waals surface area contributed by atoms with E-state index in [4.69, 9.17) is 0 Å². The molecule has 1 N–H and O–H groups in total. The second-order valence-corrected chi connectivity index (χ2v) is 10.1. The zero-order valence-corrected chi connectivity index (χ0v) is 20.3. The van der Waals surface area contributed by atoms with Gasteiger partial charge in [0, 0.05) is 40.3 Å². The van der Waals surface area contributed by atoms with Crippen LogP contribution in [0, 0.1) is 27.9 Å². The molecule has 3 aliphatic carbocycles. The van der Waals surface area contributed by atoms with Crippen molar-refractivity contribution in [1.29, 1.82) is 0 Å². The molecule has 1 saturated heterocycles. The molecule has 0 spiro atoms. The first-order valence-corrected chi connectivity index (χ1v) is 12.3. The number of benzene rings is 2. The van der Waals surface area contributed by atoms with Crippen molar-refractivity contribution in [3.8, 4) is 5.75 Å². The van der Waals surface area contributed by atoms with Crippen LogP contribution in [0.15, 0.2) is 83.0 Å². The van der Waals surface area contributed by atoms with Crippen molar-refractivity contribution in [2.45, 2.75) is 25.7 Å². The third kappa shape index (κ3) is 3.31. The van der Waals surface area contributed by atoms with Crippen LogP contribution in [0.3, 0.4) is 0 Å². The van der Waals surface area contributed by atoms with Gasteiger partial charge in [0.15, 0.2) is 11.6 Å². The maximum atomic E-state index is 13.8. The lowest BCUT2D eigenvalue weighted by Gasteiger charge is -2.42. The van der Waals surface area contributed by atoms with Crippen molar-refractivity contribution in [2.24, 2.45) is 17.8 Å². The molecule has 0 aromatic heterocycles. The average molecular weight is 511 g/mol. The van der Waals surface area contributed by atoms with E-state index < -0.39 is 40.4 Å². The molecule has 2 amide bonds. The van der Waals surface area contributed by atoms with Gasteiger partial charge in [0.25, 0.3) is 5.69 Å². The van der Waals surface area contributed by atoms with Crippen LogP contribution in [0.1, 0.15) is 31.2 Å². The quantitative estimate of drug-likeness (QED) is 0.217. The van der Waals surface area contributed by atoms with E-state index in [1.807, 2.05) is 6.08 Å². The van der Waals surface area contributed by atoms with E-state index in [1.165, 1.54) is 36.4 Å². The molecule has 4 aliphatic rings. The largest absolute Gasteiger partial charge is 0.508 e. The number of allylic oxidation sites excluding steroid dienone is 6. The van der Waals surface area contributed by atoms with Crippen molar-refractivity contribution in [2.75, 3.05) is 4.90 Å². The summed E-state index contributed by atoms with van der Waals surface area (Å²) in [6.07, 6.45) is 3.59. The Kier molecular flexibility index (Phi) is 5.27. The van der Waals surface area contributed by atoms with Crippen LogP contribution in [0.5, 0.6) is 5.75 Å². The van der Waals surface area contributed by atoms with E-state index in [1.54, 1.807) is 25.1 Å². The number of para-hydroxylation sites is 1. The number of fused-ring (bicyclic) bond motifs is 3.